The Bertz CT molecular complexity index is 298. The number of hydrogen-bond donors (Lipinski definition) is 1. The fraction of sp³-hybridized carbons (Fsp3) is 0.615. The van der Waals surface area contributed by atoms with E-state index in [1.807, 2.05) is 7.05 Å². The summed E-state index contributed by atoms with van der Waals surface area (Å²) in [6.07, 6.45) is 2.55. The van der Waals surface area contributed by atoms with Crippen molar-refractivity contribution in [2.24, 2.45) is 5.92 Å². The molecule has 0 aromatic heterocycles. The topological polar surface area (TPSA) is 29.1 Å². The number of rotatable bonds is 6. The van der Waals surface area contributed by atoms with Gasteiger partial charge in [-0.05, 0) is 52.1 Å². The van der Waals surface area contributed by atoms with E-state index in [1.165, 1.54) is 0 Å². The van der Waals surface area contributed by atoms with E-state index in [9.17, 15) is 4.79 Å². The largest absolute Gasteiger partial charge is 0.320 e. The highest BCUT2D eigenvalue weighted by molar-refractivity contribution is 5.76. The maximum absolute atomic E-state index is 11.0. The number of Topliss-reactive ketones (excluding diaryl/α,β-unsaturated/α-hetero) is 1. The second-order valence-electron chi connectivity index (χ2n) is 3.49. The smallest absolute Gasteiger partial charge is 0.131 e. The van der Waals surface area contributed by atoms with Crippen LogP contribution < -0.4 is 5.32 Å². The molecule has 0 spiro atoms. The fourth-order valence-electron chi connectivity index (χ4n) is 1.30. The van der Waals surface area contributed by atoms with Crippen LogP contribution in [0.25, 0.3) is 0 Å². The highest BCUT2D eigenvalue weighted by Crippen LogP contribution is 2.10. The number of nitrogens with one attached hydrogen (secondary N) is 1. The Kier molecular flexibility index (Phi) is 8.53. The standard InChI is InChI=1S/C13H19NO/c1-4-5-6-8-13(11-12(2)15)9-7-10-14-3/h13-14H,7,9-11H2,1-3H3/t13-/m0/s1. The van der Waals surface area contributed by atoms with Crippen molar-refractivity contribution in [2.75, 3.05) is 13.6 Å². The quantitative estimate of drug-likeness (QED) is 0.527. The van der Waals surface area contributed by atoms with Gasteiger partial charge < -0.3 is 5.32 Å². The number of hydrogen-bond acceptors (Lipinski definition) is 2. The third kappa shape index (κ3) is 9.06. The molecule has 82 valence electrons. The molecule has 2 nitrogen and oxygen atoms in total. The van der Waals surface area contributed by atoms with Crippen molar-refractivity contribution in [2.45, 2.75) is 33.1 Å². The number of carbonyl (C=O) groups is 1. The summed E-state index contributed by atoms with van der Waals surface area (Å²) in [6.45, 7) is 4.34. The van der Waals surface area contributed by atoms with Gasteiger partial charge in [0.2, 0.25) is 0 Å². The molecular weight excluding hydrogens is 186 g/mol. The minimum atomic E-state index is 0.164. The van der Waals surface area contributed by atoms with E-state index in [1.54, 1.807) is 13.8 Å². The van der Waals surface area contributed by atoms with E-state index in [0.717, 1.165) is 19.4 Å². The molecule has 0 aliphatic heterocycles. The molecule has 0 rings (SSSR count). The van der Waals surface area contributed by atoms with Crippen LogP contribution in [0.15, 0.2) is 0 Å². The van der Waals surface area contributed by atoms with Crippen molar-refractivity contribution in [1.82, 2.24) is 5.32 Å². The van der Waals surface area contributed by atoms with Crippen molar-refractivity contribution in [3.05, 3.63) is 0 Å². The monoisotopic (exact) mass is 205 g/mol. The Morgan fingerprint density at radius 3 is 2.67 bits per heavy atom. The van der Waals surface area contributed by atoms with Gasteiger partial charge in [-0.3, -0.25) is 4.79 Å². The molecular formula is C13H19NO. The SMILES string of the molecule is CC#CC#C[C@@H](CCCNC)CC(C)=O. The molecule has 15 heavy (non-hydrogen) atoms. The molecule has 0 aliphatic carbocycles. The summed E-state index contributed by atoms with van der Waals surface area (Å²) < 4.78 is 0. The van der Waals surface area contributed by atoms with Gasteiger partial charge in [-0.1, -0.05) is 11.8 Å². The molecule has 1 N–H and O–H groups in total. The van der Waals surface area contributed by atoms with E-state index in [4.69, 9.17) is 0 Å². The lowest BCUT2D eigenvalue weighted by molar-refractivity contribution is -0.117. The predicted octanol–water partition coefficient (Wildman–Crippen LogP) is 1.61. The van der Waals surface area contributed by atoms with E-state index < -0.39 is 0 Å². The van der Waals surface area contributed by atoms with Crippen LogP contribution in [0.5, 0.6) is 0 Å². The normalized spacial score (nSPS) is 10.6. The number of carbonyl (C=O) groups excluding carboxylic acids is 1. The van der Waals surface area contributed by atoms with E-state index >= 15 is 0 Å². The molecule has 0 unspecified atom stereocenters. The Morgan fingerprint density at radius 2 is 2.13 bits per heavy atom. The van der Waals surface area contributed by atoms with E-state index in [-0.39, 0.29) is 11.7 Å². The average Bonchev–Trinajstić information content (AvgIpc) is 2.17. The molecule has 0 bridgehead atoms. The van der Waals surface area contributed by atoms with Crippen LogP contribution in [0, 0.1) is 29.6 Å². The molecule has 0 radical (unpaired) electrons. The molecule has 0 amide bonds. The summed E-state index contributed by atoms with van der Waals surface area (Å²) in [5.74, 6) is 11.6. The zero-order chi connectivity index (χ0) is 11.5. The third-order valence-electron chi connectivity index (χ3n) is 1.98. The Morgan fingerprint density at radius 1 is 1.40 bits per heavy atom. The molecule has 0 aliphatic rings. The minimum Gasteiger partial charge on any atom is -0.320 e. The average molecular weight is 205 g/mol. The van der Waals surface area contributed by atoms with Crippen LogP contribution in [0.3, 0.4) is 0 Å². The van der Waals surface area contributed by atoms with Crippen LogP contribution in [0.4, 0.5) is 0 Å². The van der Waals surface area contributed by atoms with Gasteiger partial charge >= 0.3 is 0 Å². The van der Waals surface area contributed by atoms with Crippen LogP contribution >= 0.6 is 0 Å². The van der Waals surface area contributed by atoms with Gasteiger partial charge in [0.05, 0.1) is 0 Å². The van der Waals surface area contributed by atoms with Crippen molar-refractivity contribution < 1.29 is 4.79 Å². The lowest BCUT2D eigenvalue weighted by atomic mass is 9.98. The molecule has 0 aromatic rings. The predicted molar refractivity (Wildman–Crippen MR) is 63.2 cm³/mol. The summed E-state index contributed by atoms with van der Waals surface area (Å²) in [5.41, 5.74) is 0. The molecule has 1 atom stereocenters. The highest BCUT2D eigenvalue weighted by Gasteiger charge is 2.07. The maximum atomic E-state index is 11.0. The summed E-state index contributed by atoms with van der Waals surface area (Å²) in [5, 5.41) is 3.08. The lowest BCUT2D eigenvalue weighted by Crippen LogP contribution is -2.11. The molecule has 0 heterocycles. The first-order valence-corrected chi connectivity index (χ1v) is 5.27. The first-order chi connectivity index (χ1) is 7.20. The van der Waals surface area contributed by atoms with Gasteiger partial charge in [-0.25, -0.2) is 0 Å². The van der Waals surface area contributed by atoms with Crippen LogP contribution in [-0.4, -0.2) is 19.4 Å². The lowest BCUT2D eigenvalue weighted by Gasteiger charge is -2.07. The second-order valence-corrected chi connectivity index (χ2v) is 3.49. The third-order valence-corrected chi connectivity index (χ3v) is 1.98. The highest BCUT2D eigenvalue weighted by atomic mass is 16.1. The molecule has 0 saturated heterocycles. The maximum Gasteiger partial charge on any atom is 0.131 e. The molecule has 2 heteroatoms. The fourth-order valence-corrected chi connectivity index (χ4v) is 1.30. The van der Waals surface area contributed by atoms with Gasteiger partial charge in [-0.2, -0.15) is 0 Å². The zero-order valence-corrected chi connectivity index (χ0v) is 9.81. The molecule has 0 saturated carbocycles. The molecule has 0 fully saturated rings. The second kappa shape index (κ2) is 9.31. The van der Waals surface area contributed by atoms with Crippen LogP contribution in [0.1, 0.15) is 33.1 Å². The van der Waals surface area contributed by atoms with Gasteiger partial charge in [-0.15, -0.1) is 0 Å². The number of ketones is 1. The van der Waals surface area contributed by atoms with Gasteiger partial charge in [0.25, 0.3) is 0 Å². The van der Waals surface area contributed by atoms with Crippen molar-refractivity contribution in [3.63, 3.8) is 0 Å². The Labute approximate surface area is 92.8 Å². The zero-order valence-electron chi connectivity index (χ0n) is 9.81. The summed E-state index contributed by atoms with van der Waals surface area (Å²) in [6, 6.07) is 0. The summed E-state index contributed by atoms with van der Waals surface area (Å²) >= 11 is 0. The summed E-state index contributed by atoms with van der Waals surface area (Å²) in [7, 11) is 1.92. The molecule has 0 aromatic carbocycles. The first kappa shape index (κ1) is 13.8. The van der Waals surface area contributed by atoms with E-state index in [2.05, 4.69) is 29.0 Å². The summed E-state index contributed by atoms with van der Waals surface area (Å²) in [4.78, 5) is 11.0. The Balaban J connectivity index is 4.11. The van der Waals surface area contributed by atoms with Gasteiger partial charge in [0.1, 0.15) is 5.78 Å². The minimum absolute atomic E-state index is 0.164. The van der Waals surface area contributed by atoms with Gasteiger partial charge in [0.15, 0.2) is 0 Å². The van der Waals surface area contributed by atoms with Crippen LogP contribution in [0.2, 0.25) is 0 Å². The van der Waals surface area contributed by atoms with Gasteiger partial charge in [0, 0.05) is 12.3 Å². The first-order valence-electron chi connectivity index (χ1n) is 5.27. The Hall–Kier alpha value is -1.25. The van der Waals surface area contributed by atoms with Crippen molar-refractivity contribution in [1.29, 1.82) is 0 Å². The van der Waals surface area contributed by atoms with Crippen molar-refractivity contribution in [3.8, 4) is 23.7 Å². The van der Waals surface area contributed by atoms with Crippen molar-refractivity contribution >= 4 is 5.78 Å². The van der Waals surface area contributed by atoms with E-state index in [0.29, 0.717) is 6.42 Å². The van der Waals surface area contributed by atoms with Crippen LogP contribution in [-0.2, 0) is 4.79 Å².